The molecule has 28 heavy (non-hydrogen) atoms. The number of likely N-dealkylation sites (tertiary alicyclic amines) is 1. The number of methoxy groups -OCH3 is 1. The molecule has 1 fully saturated rings. The van der Waals surface area contributed by atoms with Crippen LogP contribution in [0, 0.1) is 0 Å². The molecule has 2 atom stereocenters. The zero-order valence-corrected chi connectivity index (χ0v) is 16.7. The zero-order chi connectivity index (χ0) is 20.1. The molecule has 1 aliphatic rings. The fourth-order valence-electron chi connectivity index (χ4n) is 3.38. The van der Waals surface area contributed by atoms with Crippen LogP contribution in [-0.2, 0) is 20.7 Å². The van der Waals surface area contributed by atoms with E-state index in [4.69, 9.17) is 4.74 Å². The predicted octanol–water partition coefficient (Wildman–Crippen LogP) is 2.34. The second kappa shape index (κ2) is 8.97. The van der Waals surface area contributed by atoms with Gasteiger partial charge in [0.2, 0.25) is 5.91 Å². The van der Waals surface area contributed by atoms with Crippen molar-refractivity contribution < 1.29 is 19.1 Å². The van der Waals surface area contributed by atoms with Crippen LogP contribution in [0.1, 0.15) is 46.9 Å². The van der Waals surface area contributed by atoms with Gasteiger partial charge in [0.25, 0.3) is 5.91 Å². The summed E-state index contributed by atoms with van der Waals surface area (Å²) in [6.07, 6.45) is 1.93. The van der Waals surface area contributed by atoms with Gasteiger partial charge in [0.15, 0.2) is 0 Å². The van der Waals surface area contributed by atoms with E-state index < -0.39 is 12.0 Å². The molecule has 0 aliphatic carbocycles. The van der Waals surface area contributed by atoms with Crippen LogP contribution in [0.25, 0.3) is 0 Å². The van der Waals surface area contributed by atoms with Crippen LogP contribution in [0.15, 0.2) is 35.7 Å². The second-order valence-electron chi connectivity index (χ2n) is 6.69. The average Bonchev–Trinajstić information content (AvgIpc) is 3.36. The van der Waals surface area contributed by atoms with Gasteiger partial charge in [0, 0.05) is 18.8 Å². The highest BCUT2D eigenvalue weighted by Crippen LogP contribution is 2.26. The summed E-state index contributed by atoms with van der Waals surface area (Å²) in [5, 5.41) is 5.26. The monoisotopic (exact) mass is 401 g/mol. The van der Waals surface area contributed by atoms with E-state index in [1.165, 1.54) is 30.3 Å². The van der Waals surface area contributed by atoms with Gasteiger partial charge in [-0.2, -0.15) is 0 Å². The number of amides is 2. The van der Waals surface area contributed by atoms with Crippen LogP contribution in [0.3, 0.4) is 0 Å². The van der Waals surface area contributed by atoms with Crippen molar-refractivity contribution in [1.82, 2.24) is 15.2 Å². The van der Waals surface area contributed by atoms with Gasteiger partial charge in [-0.25, -0.2) is 9.78 Å². The van der Waals surface area contributed by atoms with Crippen LogP contribution in [-0.4, -0.2) is 47.4 Å². The van der Waals surface area contributed by atoms with Crippen molar-refractivity contribution >= 4 is 29.1 Å². The zero-order valence-electron chi connectivity index (χ0n) is 15.9. The number of rotatable bonds is 6. The first-order valence-corrected chi connectivity index (χ1v) is 10.0. The summed E-state index contributed by atoms with van der Waals surface area (Å²) in [5.41, 5.74) is 1.36. The Morgan fingerprint density at radius 1 is 1.32 bits per heavy atom. The fraction of sp³-hybridized carbons (Fsp3) is 0.400. The fourth-order valence-corrected chi connectivity index (χ4v) is 4.22. The first kappa shape index (κ1) is 20.0. The molecule has 148 valence electrons. The molecule has 7 nitrogen and oxygen atoms in total. The summed E-state index contributed by atoms with van der Waals surface area (Å²) >= 11 is 1.33. The van der Waals surface area contributed by atoms with Gasteiger partial charge in [-0.1, -0.05) is 30.3 Å². The summed E-state index contributed by atoms with van der Waals surface area (Å²) in [6, 6.07) is 8.92. The highest BCUT2D eigenvalue weighted by atomic mass is 32.1. The summed E-state index contributed by atoms with van der Waals surface area (Å²) in [7, 11) is 1.33. The third kappa shape index (κ3) is 4.56. The largest absolute Gasteiger partial charge is 0.467 e. The summed E-state index contributed by atoms with van der Waals surface area (Å²) in [4.78, 5) is 42.5. The molecule has 2 amide bonds. The standard InChI is InChI=1S/C20H23N3O4S/c1-13(24)21-15(11-14-7-4-3-5-8-14)18-22-16(12-28-18)19(25)23-10-6-9-17(23)20(26)27-2/h3-5,7-8,12,15,17H,6,9-11H2,1-2H3,(H,21,24)/t15-,17+/m0/s1. The van der Waals surface area contributed by atoms with Crippen molar-refractivity contribution in [3.8, 4) is 0 Å². The third-order valence-corrected chi connectivity index (χ3v) is 5.64. The number of carbonyl (C=O) groups excluding carboxylic acids is 3. The first-order valence-electron chi connectivity index (χ1n) is 9.15. The van der Waals surface area contributed by atoms with E-state index >= 15 is 0 Å². The molecule has 0 radical (unpaired) electrons. The molecule has 1 N–H and O–H groups in total. The Balaban J connectivity index is 1.79. The highest BCUT2D eigenvalue weighted by Gasteiger charge is 2.36. The van der Waals surface area contributed by atoms with Crippen LogP contribution >= 0.6 is 11.3 Å². The minimum absolute atomic E-state index is 0.158. The lowest BCUT2D eigenvalue weighted by Crippen LogP contribution is -2.41. The minimum Gasteiger partial charge on any atom is -0.467 e. The van der Waals surface area contributed by atoms with Crippen LogP contribution in [0.2, 0.25) is 0 Å². The second-order valence-corrected chi connectivity index (χ2v) is 7.58. The Kier molecular flexibility index (Phi) is 6.41. The van der Waals surface area contributed by atoms with Gasteiger partial charge in [-0.05, 0) is 24.8 Å². The Labute approximate surface area is 167 Å². The summed E-state index contributed by atoms with van der Waals surface area (Å²) in [5.74, 6) is -0.840. The van der Waals surface area contributed by atoms with E-state index in [2.05, 4.69) is 10.3 Å². The molecule has 0 spiro atoms. The molecular weight excluding hydrogens is 378 g/mol. The SMILES string of the molecule is COC(=O)[C@H]1CCCN1C(=O)c1csc([C@H](Cc2ccccc2)NC(C)=O)n1. The third-order valence-electron chi connectivity index (χ3n) is 4.69. The van der Waals surface area contributed by atoms with Gasteiger partial charge in [0.1, 0.15) is 16.7 Å². The first-order chi connectivity index (χ1) is 13.5. The van der Waals surface area contributed by atoms with E-state index in [1.807, 2.05) is 30.3 Å². The van der Waals surface area contributed by atoms with Gasteiger partial charge in [0.05, 0.1) is 13.2 Å². The number of thiazole rings is 1. The molecule has 1 aromatic carbocycles. The van der Waals surface area contributed by atoms with Crippen molar-refractivity contribution in [2.75, 3.05) is 13.7 Å². The van der Waals surface area contributed by atoms with Crippen LogP contribution in [0.5, 0.6) is 0 Å². The summed E-state index contributed by atoms with van der Waals surface area (Å²) < 4.78 is 4.81. The molecule has 0 bridgehead atoms. The number of hydrogen-bond donors (Lipinski definition) is 1. The number of benzene rings is 1. The molecule has 1 aliphatic heterocycles. The van der Waals surface area contributed by atoms with Crippen molar-refractivity contribution in [2.45, 2.75) is 38.3 Å². The van der Waals surface area contributed by atoms with Crippen molar-refractivity contribution in [3.05, 3.63) is 52.0 Å². The number of hydrogen-bond acceptors (Lipinski definition) is 6. The Morgan fingerprint density at radius 3 is 2.75 bits per heavy atom. The molecular formula is C20H23N3O4S. The average molecular weight is 401 g/mol. The van der Waals surface area contributed by atoms with Crippen molar-refractivity contribution in [3.63, 3.8) is 0 Å². The number of carbonyl (C=O) groups is 3. The maximum Gasteiger partial charge on any atom is 0.328 e. The maximum absolute atomic E-state index is 12.9. The lowest BCUT2D eigenvalue weighted by molar-refractivity contribution is -0.145. The molecule has 8 heteroatoms. The van der Waals surface area contributed by atoms with E-state index in [0.717, 1.165) is 12.0 Å². The summed E-state index contributed by atoms with van der Waals surface area (Å²) in [6.45, 7) is 1.97. The van der Waals surface area contributed by atoms with Crippen molar-refractivity contribution in [1.29, 1.82) is 0 Å². The van der Waals surface area contributed by atoms with E-state index in [1.54, 1.807) is 5.38 Å². The Bertz CT molecular complexity index is 852. The van der Waals surface area contributed by atoms with Gasteiger partial charge in [-0.15, -0.1) is 11.3 Å². The normalized spacial score (nSPS) is 17.2. The van der Waals surface area contributed by atoms with Crippen LogP contribution < -0.4 is 5.32 Å². The van der Waals surface area contributed by atoms with Gasteiger partial charge in [-0.3, -0.25) is 9.59 Å². The lowest BCUT2D eigenvalue weighted by Gasteiger charge is -2.21. The van der Waals surface area contributed by atoms with Gasteiger partial charge >= 0.3 is 5.97 Å². The molecule has 0 unspecified atom stereocenters. The van der Waals surface area contributed by atoms with Crippen molar-refractivity contribution in [2.24, 2.45) is 0 Å². The highest BCUT2D eigenvalue weighted by molar-refractivity contribution is 7.09. The molecule has 2 heterocycles. The number of ether oxygens (including phenoxy) is 1. The number of nitrogens with zero attached hydrogens (tertiary/aromatic N) is 2. The molecule has 2 aromatic rings. The molecule has 0 saturated carbocycles. The number of aromatic nitrogens is 1. The molecule has 1 saturated heterocycles. The minimum atomic E-state index is -0.557. The topological polar surface area (TPSA) is 88.6 Å². The molecule has 3 rings (SSSR count). The molecule has 1 aromatic heterocycles. The van der Waals surface area contributed by atoms with E-state index in [9.17, 15) is 14.4 Å². The maximum atomic E-state index is 12.9. The van der Waals surface area contributed by atoms with E-state index in [-0.39, 0.29) is 17.9 Å². The quantitative estimate of drug-likeness (QED) is 0.751. The number of esters is 1. The smallest absolute Gasteiger partial charge is 0.328 e. The number of nitrogens with one attached hydrogen (secondary N) is 1. The Hall–Kier alpha value is -2.74. The lowest BCUT2D eigenvalue weighted by atomic mass is 10.1. The van der Waals surface area contributed by atoms with E-state index in [0.29, 0.717) is 30.1 Å². The van der Waals surface area contributed by atoms with Gasteiger partial charge < -0.3 is 15.0 Å². The Morgan fingerprint density at radius 2 is 2.07 bits per heavy atom. The predicted molar refractivity (Wildman–Crippen MR) is 105 cm³/mol. The van der Waals surface area contributed by atoms with Crippen LogP contribution in [0.4, 0.5) is 0 Å².